The third kappa shape index (κ3) is 4.30. The number of hydrogen-bond acceptors (Lipinski definition) is 5. The highest BCUT2D eigenvalue weighted by Crippen LogP contribution is 2.49. The maximum Gasteiger partial charge on any atom is 0.312 e. The number of rotatable bonds is 3. The Balaban J connectivity index is 1.86. The number of nitrogens with two attached hydrogens (primary N) is 1. The van der Waals surface area contributed by atoms with Gasteiger partial charge in [-0.2, -0.15) is 0 Å². The summed E-state index contributed by atoms with van der Waals surface area (Å²) < 4.78 is 5.50. The molecule has 0 spiro atoms. The summed E-state index contributed by atoms with van der Waals surface area (Å²) in [5.41, 5.74) is 7.74. The number of thioether (sulfide) groups is 1. The van der Waals surface area contributed by atoms with Gasteiger partial charge in [-0.05, 0) is 64.0 Å². The van der Waals surface area contributed by atoms with Crippen molar-refractivity contribution >= 4 is 22.8 Å². The molecule has 1 aliphatic heterocycles. The molecular formula is C20H30N2O2S. The monoisotopic (exact) mass is 362 g/mol. The highest BCUT2D eigenvalue weighted by atomic mass is 32.2. The third-order valence-corrected chi connectivity index (χ3v) is 6.36. The zero-order valence-electron chi connectivity index (χ0n) is 15.6. The van der Waals surface area contributed by atoms with Crippen molar-refractivity contribution in [2.45, 2.75) is 76.9 Å². The van der Waals surface area contributed by atoms with E-state index in [1.807, 2.05) is 20.8 Å². The quantitative estimate of drug-likeness (QED) is 0.758. The van der Waals surface area contributed by atoms with Gasteiger partial charge >= 0.3 is 5.97 Å². The van der Waals surface area contributed by atoms with Gasteiger partial charge in [0.05, 0.1) is 17.0 Å². The summed E-state index contributed by atoms with van der Waals surface area (Å²) in [5.74, 6) is 1.42. The van der Waals surface area contributed by atoms with Crippen molar-refractivity contribution in [3.05, 3.63) is 23.4 Å². The fourth-order valence-corrected chi connectivity index (χ4v) is 5.49. The van der Waals surface area contributed by atoms with Gasteiger partial charge in [0.15, 0.2) is 0 Å². The Labute approximate surface area is 155 Å². The first-order valence-electron chi connectivity index (χ1n) is 9.38. The minimum Gasteiger partial charge on any atom is -0.460 e. The molecule has 1 saturated carbocycles. The van der Waals surface area contributed by atoms with Gasteiger partial charge in [0.2, 0.25) is 0 Å². The van der Waals surface area contributed by atoms with Crippen LogP contribution in [0.15, 0.2) is 28.4 Å². The fraction of sp³-hybridized carbons (Fsp3) is 0.700. The second-order valence-electron chi connectivity index (χ2n) is 8.36. The summed E-state index contributed by atoms with van der Waals surface area (Å²) in [6, 6.07) is 0. The van der Waals surface area contributed by atoms with Crippen LogP contribution in [0, 0.1) is 5.92 Å². The van der Waals surface area contributed by atoms with Crippen LogP contribution in [-0.4, -0.2) is 27.9 Å². The Morgan fingerprint density at radius 2 is 2.24 bits per heavy atom. The summed E-state index contributed by atoms with van der Waals surface area (Å²) in [7, 11) is 0. The van der Waals surface area contributed by atoms with Crippen LogP contribution < -0.4 is 5.73 Å². The molecule has 0 bridgehead atoms. The van der Waals surface area contributed by atoms with Crippen molar-refractivity contribution in [2.24, 2.45) is 16.6 Å². The van der Waals surface area contributed by atoms with E-state index in [0.29, 0.717) is 5.92 Å². The molecule has 2 aliphatic carbocycles. The van der Waals surface area contributed by atoms with E-state index in [1.165, 1.54) is 24.8 Å². The van der Waals surface area contributed by atoms with Crippen LogP contribution >= 0.6 is 11.8 Å². The Hall–Kier alpha value is -1.23. The highest BCUT2D eigenvalue weighted by Gasteiger charge is 2.46. The summed E-state index contributed by atoms with van der Waals surface area (Å²) in [5, 5.41) is 0.932. The van der Waals surface area contributed by atoms with Crippen LogP contribution in [0.3, 0.4) is 0 Å². The molecule has 0 saturated heterocycles. The summed E-state index contributed by atoms with van der Waals surface area (Å²) in [4.78, 5) is 17.5. The first kappa shape index (κ1) is 18.6. The fourth-order valence-electron chi connectivity index (χ4n) is 4.20. The van der Waals surface area contributed by atoms with Crippen LogP contribution in [0.1, 0.15) is 65.7 Å². The topological polar surface area (TPSA) is 64.7 Å². The van der Waals surface area contributed by atoms with Crippen molar-refractivity contribution in [1.82, 2.24) is 0 Å². The van der Waals surface area contributed by atoms with E-state index in [9.17, 15) is 4.79 Å². The second kappa shape index (κ2) is 7.18. The zero-order valence-corrected chi connectivity index (χ0v) is 16.5. The Morgan fingerprint density at radius 3 is 2.96 bits per heavy atom. The zero-order chi connectivity index (χ0) is 18.1. The molecule has 0 aromatic rings. The molecule has 0 amide bonds. The molecule has 0 aromatic heterocycles. The largest absolute Gasteiger partial charge is 0.460 e. The average Bonchev–Trinajstić information content (AvgIpc) is 2.52. The smallest absolute Gasteiger partial charge is 0.312 e. The van der Waals surface area contributed by atoms with Gasteiger partial charge in [-0.1, -0.05) is 18.9 Å². The highest BCUT2D eigenvalue weighted by molar-refractivity contribution is 8.14. The first-order chi connectivity index (χ1) is 11.8. The first-order valence-corrected chi connectivity index (χ1v) is 10.4. The number of aliphatic imine (C=N–C) groups is 1. The lowest BCUT2D eigenvalue weighted by atomic mass is 9.67. The number of hydrogen-bond donors (Lipinski definition) is 1. The molecule has 0 radical (unpaired) electrons. The minimum absolute atomic E-state index is 0.139. The number of carbonyl (C=O) groups is 1. The van der Waals surface area contributed by atoms with Gasteiger partial charge in [-0.15, -0.1) is 11.8 Å². The van der Waals surface area contributed by atoms with Crippen LogP contribution in [0.4, 0.5) is 0 Å². The van der Waals surface area contributed by atoms with Crippen LogP contribution in [-0.2, 0) is 9.53 Å². The molecule has 0 unspecified atom stereocenters. The molecule has 25 heavy (non-hydrogen) atoms. The SMILES string of the molecule is CC(C)(C)OC(=O)CC1=N[C@@]2(C3=CC(N)=CCC3)CCCC[C@H]2CS1. The van der Waals surface area contributed by atoms with Gasteiger partial charge in [0, 0.05) is 11.4 Å². The summed E-state index contributed by atoms with van der Waals surface area (Å²) in [6.45, 7) is 5.71. The van der Waals surface area contributed by atoms with Gasteiger partial charge in [0.25, 0.3) is 0 Å². The number of ether oxygens (including phenoxy) is 1. The van der Waals surface area contributed by atoms with Crippen molar-refractivity contribution in [2.75, 3.05) is 5.75 Å². The second-order valence-corrected chi connectivity index (χ2v) is 9.45. The van der Waals surface area contributed by atoms with E-state index in [2.05, 4.69) is 12.2 Å². The molecule has 138 valence electrons. The standard InChI is InChI=1S/C20H30N2O2S/c1-19(2,3)24-18(23)12-17-22-20(14-8-6-9-16(21)11-14)10-5-4-7-15(20)13-25-17/h9,11,15H,4-8,10,12-13,21H2,1-3H3/t15-,20+/m0/s1. The normalized spacial score (nSPS) is 29.9. The van der Waals surface area contributed by atoms with Gasteiger partial charge in [-0.25, -0.2) is 0 Å². The molecule has 2 atom stereocenters. The molecule has 0 aromatic carbocycles. The van der Waals surface area contributed by atoms with Crippen molar-refractivity contribution in [3.8, 4) is 0 Å². The van der Waals surface area contributed by atoms with Crippen LogP contribution in [0.25, 0.3) is 0 Å². The van der Waals surface area contributed by atoms with E-state index in [-0.39, 0.29) is 17.9 Å². The lowest BCUT2D eigenvalue weighted by Gasteiger charge is -2.46. The molecule has 4 nitrogen and oxygen atoms in total. The van der Waals surface area contributed by atoms with Crippen molar-refractivity contribution in [1.29, 1.82) is 0 Å². The van der Waals surface area contributed by atoms with E-state index in [1.54, 1.807) is 11.8 Å². The number of esters is 1. The predicted octanol–water partition coefficient (Wildman–Crippen LogP) is 4.36. The number of fused-ring (bicyclic) bond motifs is 1. The predicted molar refractivity (Wildman–Crippen MR) is 105 cm³/mol. The Bertz CT molecular complexity index is 630. The van der Waals surface area contributed by atoms with Crippen molar-refractivity contribution < 1.29 is 9.53 Å². The van der Waals surface area contributed by atoms with E-state index >= 15 is 0 Å². The van der Waals surface area contributed by atoms with Crippen molar-refractivity contribution in [3.63, 3.8) is 0 Å². The van der Waals surface area contributed by atoms with Gasteiger partial charge < -0.3 is 10.5 Å². The van der Waals surface area contributed by atoms with Gasteiger partial charge in [-0.3, -0.25) is 9.79 Å². The van der Waals surface area contributed by atoms with E-state index in [4.69, 9.17) is 15.5 Å². The summed E-state index contributed by atoms with van der Waals surface area (Å²) >= 11 is 1.74. The maximum atomic E-state index is 12.3. The van der Waals surface area contributed by atoms with Crippen LogP contribution in [0.5, 0.6) is 0 Å². The lowest BCUT2D eigenvalue weighted by Crippen LogP contribution is -2.46. The lowest BCUT2D eigenvalue weighted by molar-refractivity contribution is -0.153. The average molecular weight is 363 g/mol. The molecule has 3 aliphatic rings. The van der Waals surface area contributed by atoms with Crippen LogP contribution in [0.2, 0.25) is 0 Å². The number of allylic oxidation sites excluding steroid dienone is 2. The molecule has 1 heterocycles. The molecule has 3 rings (SSSR count). The Morgan fingerprint density at radius 1 is 1.44 bits per heavy atom. The van der Waals surface area contributed by atoms with Gasteiger partial charge in [0.1, 0.15) is 5.60 Å². The maximum absolute atomic E-state index is 12.3. The molecule has 5 heteroatoms. The Kier molecular flexibility index (Phi) is 5.33. The molecule has 2 N–H and O–H groups in total. The minimum atomic E-state index is -0.451. The number of nitrogens with zero attached hydrogens (tertiary/aromatic N) is 1. The summed E-state index contributed by atoms with van der Waals surface area (Å²) in [6.07, 6.45) is 11.3. The number of carbonyl (C=O) groups excluding carboxylic acids is 1. The molecule has 1 fully saturated rings. The molecular weight excluding hydrogens is 332 g/mol. The van der Waals surface area contributed by atoms with E-state index < -0.39 is 5.60 Å². The third-order valence-electron chi connectivity index (χ3n) is 5.22. The van der Waals surface area contributed by atoms with E-state index in [0.717, 1.165) is 35.8 Å².